The van der Waals surface area contributed by atoms with Gasteiger partial charge in [-0.1, -0.05) is 40.4 Å². The Labute approximate surface area is 143 Å². The summed E-state index contributed by atoms with van der Waals surface area (Å²) in [7, 11) is -0.0194. The monoisotopic (exact) mass is 346 g/mol. The minimum atomic E-state index is -1.71. The number of nitrogens with one attached hydrogen (secondary N) is 1. The second-order valence-corrected chi connectivity index (χ2v) is 13.1. The van der Waals surface area contributed by atoms with Crippen LogP contribution in [0.25, 0.3) is 5.69 Å². The number of ether oxygens (including phenoxy) is 1. The number of benzene rings is 1. The number of hydrogen-bond donors (Lipinski definition) is 1. The molecule has 0 unspecified atom stereocenters. The van der Waals surface area contributed by atoms with Gasteiger partial charge in [-0.3, -0.25) is 14.3 Å². The molecule has 0 amide bonds. The molecule has 0 saturated carbocycles. The first kappa shape index (κ1) is 18.3. The molecule has 0 fully saturated rings. The van der Waals surface area contributed by atoms with Crippen LogP contribution in [0.15, 0.2) is 34.0 Å². The Morgan fingerprint density at radius 1 is 1.12 bits per heavy atom. The number of methoxy groups -OCH3 is 1. The summed E-state index contributed by atoms with van der Waals surface area (Å²) in [6.07, 6.45) is 1.52. The summed E-state index contributed by atoms with van der Waals surface area (Å²) in [5.74, 6) is 0.905. The number of H-pyrrole nitrogens is 1. The van der Waals surface area contributed by atoms with E-state index in [1.807, 2.05) is 12.1 Å². The second kappa shape index (κ2) is 6.09. The molecule has 1 heterocycles. The average molecular weight is 347 g/mol. The Morgan fingerprint density at radius 2 is 1.75 bits per heavy atom. The Hall–Kier alpha value is -2.08. The SMILES string of the molecule is COc1c(C(C)(C)C)cc(-n2ccc(=O)[nH]c2=O)cc1[Si](C)(C)C. The van der Waals surface area contributed by atoms with Gasteiger partial charge in [0.15, 0.2) is 0 Å². The molecule has 0 bridgehead atoms. The molecule has 5 nitrogen and oxygen atoms in total. The molecule has 24 heavy (non-hydrogen) atoms. The van der Waals surface area contributed by atoms with E-state index in [-0.39, 0.29) is 5.41 Å². The quantitative estimate of drug-likeness (QED) is 0.868. The minimum Gasteiger partial charge on any atom is -0.497 e. The van der Waals surface area contributed by atoms with Crippen molar-refractivity contribution in [1.82, 2.24) is 9.55 Å². The fourth-order valence-electron chi connectivity index (χ4n) is 2.71. The van der Waals surface area contributed by atoms with Crippen LogP contribution in [-0.4, -0.2) is 24.7 Å². The highest BCUT2D eigenvalue weighted by Gasteiger charge is 2.29. The Morgan fingerprint density at radius 3 is 2.21 bits per heavy atom. The smallest absolute Gasteiger partial charge is 0.332 e. The molecule has 1 aromatic heterocycles. The van der Waals surface area contributed by atoms with E-state index < -0.39 is 19.3 Å². The molecule has 2 aromatic rings. The topological polar surface area (TPSA) is 64.1 Å². The predicted molar refractivity (Wildman–Crippen MR) is 101 cm³/mol. The summed E-state index contributed by atoms with van der Waals surface area (Å²) in [4.78, 5) is 25.9. The first-order chi connectivity index (χ1) is 10.9. The molecule has 1 N–H and O–H groups in total. The van der Waals surface area contributed by atoms with Crippen molar-refractivity contribution in [2.75, 3.05) is 7.11 Å². The highest BCUT2D eigenvalue weighted by Crippen LogP contribution is 2.33. The third-order valence-corrected chi connectivity index (χ3v) is 5.98. The van der Waals surface area contributed by atoms with Crippen molar-refractivity contribution in [3.8, 4) is 11.4 Å². The van der Waals surface area contributed by atoms with E-state index in [2.05, 4.69) is 45.4 Å². The molecular weight excluding hydrogens is 320 g/mol. The maximum atomic E-state index is 12.2. The van der Waals surface area contributed by atoms with Gasteiger partial charge in [0.05, 0.1) is 20.9 Å². The highest BCUT2D eigenvalue weighted by atomic mass is 28.3. The first-order valence-electron chi connectivity index (χ1n) is 8.00. The minimum absolute atomic E-state index is 0.137. The number of aromatic amines is 1. The van der Waals surface area contributed by atoms with Crippen LogP contribution >= 0.6 is 0 Å². The number of rotatable bonds is 3. The lowest BCUT2D eigenvalue weighted by molar-refractivity contribution is 0.400. The van der Waals surface area contributed by atoms with Crippen LogP contribution < -0.4 is 21.2 Å². The number of nitrogens with zero attached hydrogens (tertiary/aromatic N) is 1. The predicted octanol–water partition coefficient (Wildman–Crippen LogP) is 2.38. The largest absolute Gasteiger partial charge is 0.497 e. The highest BCUT2D eigenvalue weighted by molar-refractivity contribution is 6.89. The van der Waals surface area contributed by atoms with Gasteiger partial charge >= 0.3 is 5.69 Å². The molecule has 0 aliphatic rings. The normalized spacial score (nSPS) is 12.3. The van der Waals surface area contributed by atoms with Gasteiger partial charge < -0.3 is 4.74 Å². The van der Waals surface area contributed by atoms with E-state index in [4.69, 9.17) is 4.74 Å². The van der Waals surface area contributed by atoms with E-state index in [1.165, 1.54) is 16.8 Å². The maximum absolute atomic E-state index is 12.2. The van der Waals surface area contributed by atoms with Crippen LogP contribution in [0.5, 0.6) is 5.75 Å². The molecule has 0 radical (unpaired) electrons. The average Bonchev–Trinajstić information content (AvgIpc) is 2.44. The van der Waals surface area contributed by atoms with Gasteiger partial charge in [0, 0.05) is 17.8 Å². The number of aromatic nitrogens is 2. The van der Waals surface area contributed by atoms with Crippen molar-refractivity contribution in [1.29, 1.82) is 0 Å². The fourth-order valence-corrected chi connectivity index (χ4v) is 4.21. The van der Waals surface area contributed by atoms with Crippen molar-refractivity contribution in [3.63, 3.8) is 0 Å². The van der Waals surface area contributed by atoms with Crippen molar-refractivity contribution in [2.24, 2.45) is 0 Å². The van der Waals surface area contributed by atoms with Gasteiger partial charge in [0.2, 0.25) is 0 Å². The fraction of sp³-hybridized carbons (Fsp3) is 0.444. The second-order valence-electron chi connectivity index (χ2n) is 8.05. The van der Waals surface area contributed by atoms with Crippen LogP contribution in [0.1, 0.15) is 26.3 Å². The van der Waals surface area contributed by atoms with Crippen molar-refractivity contribution in [2.45, 2.75) is 45.8 Å². The van der Waals surface area contributed by atoms with Gasteiger partial charge in [-0.05, 0) is 22.7 Å². The zero-order valence-corrected chi connectivity index (χ0v) is 16.5. The van der Waals surface area contributed by atoms with Gasteiger partial charge in [-0.15, -0.1) is 0 Å². The van der Waals surface area contributed by atoms with Crippen LogP contribution in [0.2, 0.25) is 19.6 Å². The van der Waals surface area contributed by atoms with E-state index >= 15 is 0 Å². The molecule has 6 heteroatoms. The summed E-state index contributed by atoms with van der Waals surface area (Å²) >= 11 is 0. The molecular formula is C18H26N2O3Si. The van der Waals surface area contributed by atoms with Crippen molar-refractivity contribution >= 4 is 13.3 Å². The summed E-state index contributed by atoms with van der Waals surface area (Å²) < 4.78 is 7.23. The first-order valence-corrected chi connectivity index (χ1v) is 11.5. The molecule has 0 aliphatic carbocycles. The molecule has 2 rings (SSSR count). The standard InChI is InChI=1S/C18H26N2O3Si/c1-18(2,3)13-10-12(20-9-8-15(21)19-17(20)22)11-14(16(13)23-4)24(5,6)7/h8-11H,1-7H3,(H,19,21,22). The van der Waals surface area contributed by atoms with Crippen LogP contribution in [0.4, 0.5) is 0 Å². The Bertz CT molecular complexity index is 832. The molecule has 0 aliphatic heterocycles. The third-order valence-electron chi connectivity index (χ3n) is 4.00. The molecule has 0 saturated heterocycles. The van der Waals surface area contributed by atoms with Gasteiger partial charge in [-0.2, -0.15) is 0 Å². The van der Waals surface area contributed by atoms with Crippen molar-refractivity contribution in [3.05, 3.63) is 50.8 Å². The molecule has 0 atom stereocenters. The van der Waals surface area contributed by atoms with Crippen LogP contribution in [0.3, 0.4) is 0 Å². The summed E-state index contributed by atoms with van der Waals surface area (Å²) in [5, 5.41) is 1.16. The zero-order chi connectivity index (χ0) is 18.3. The van der Waals surface area contributed by atoms with Crippen LogP contribution in [0, 0.1) is 0 Å². The lowest BCUT2D eigenvalue weighted by Crippen LogP contribution is -2.40. The zero-order valence-electron chi connectivity index (χ0n) is 15.5. The lowest BCUT2D eigenvalue weighted by atomic mass is 9.86. The van der Waals surface area contributed by atoms with E-state index in [0.29, 0.717) is 0 Å². The summed E-state index contributed by atoms with van der Waals surface area (Å²) in [6, 6.07) is 5.35. The lowest BCUT2D eigenvalue weighted by Gasteiger charge is -2.29. The van der Waals surface area contributed by atoms with E-state index in [9.17, 15) is 9.59 Å². The van der Waals surface area contributed by atoms with E-state index in [0.717, 1.165) is 22.2 Å². The molecule has 1 aromatic carbocycles. The summed E-state index contributed by atoms with van der Waals surface area (Å²) in [6.45, 7) is 13.1. The molecule has 0 spiro atoms. The third kappa shape index (κ3) is 3.53. The summed E-state index contributed by atoms with van der Waals surface area (Å²) in [5.41, 5.74) is 0.833. The Kier molecular flexibility index (Phi) is 4.63. The van der Waals surface area contributed by atoms with Gasteiger partial charge in [0.25, 0.3) is 5.56 Å². The van der Waals surface area contributed by atoms with E-state index in [1.54, 1.807) is 7.11 Å². The molecule has 130 valence electrons. The van der Waals surface area contributed by atoms with Gasteiger partial charge in [-0.25, -0.2) is 4.79 Å². The maximum Gasteiger partial charge on any atom is 0.332 e. The Balaban J connectivity index is 2.88. The van der Waals surface area contributed by atoms with Crippen molar-refractivity contribution < 1.29 is 4.74 Å². The number of hydrogen-bond acceptors (Lipinski definition) is 3. The van der Waals surface area contributed by atoms with Crippen LogP contribution in [-0.2, 0) is 5.41 Å². The van der Waals surface area contributed by atoms with Gasteiger partial charge in [0.1, 0.15) is 5.75 Å².